The number of halogens is 4. The fourth-order valence-electron chi connectivity index (χ4n) is 2.31. The molecular weight excluding hydrogens is 279 g/mol. The van der Waals surface area contributed by atoms with E-state index in [4.69, 9.17) is 22.1 Å². The van der Waals surface area contributed by atoms with Gasteiger partial charge in [0.15, 0.2) is 0 Å². The largest absolute Gasteiger partial charge is 0.417 e. The Morgan fingerprint density at radius 1 is 1.26 bits per heavy atom. The maximum absolute atomic E-state index is 12.8. The molecule has 0 aromatic heterocycles. The third-order valence-corrected chi connectivity index (χ3v) is 3.78. The summed E-state index contributed by atoms with van der Waals surface area (Å²) in [6.45, 7) is 1.22. The van der Waals surface area contributed by atoms with Crippen molar-refractivity contribution in [2.45, 2.75) is 25.1 Å². The summed E-state index contributed by atoms with van der Waals surface area (Å²) in [4.78, 5) is 0. The van der Waals surface area contributed by atoms with Gasteiger partial charge in [0.2, 0.25) is 0 Å². The number of hydrogen-bond acceptors (Lipinski definition) is 2. The van der Waals surface area contributed by atoms with Gasteiger partial charge in [0, 0.05) is 19.3 Å². The van der Waals surface area contributed by atoms with Crippen molar-refractivity contribution in [2.75, 3.05) is 13.2 Å². The van der Waals surface area contributed by atoms with Gasteiger partial charge in [-0.05, 0) is 36.5 Å². The van der Waals surface area contributed by atoms with Gasteiger partial charge in [-0.15, -0.1) is 0 Å². The van der Waals surface area contributed by atoms with Crippen LogP contribution in [-0.4, -0.2) is 13.2 Å². The topological polar surface area (TPSA) is 35.2 Å². The van der Waals surface area contributed by atoms with E-state index in [-0.39, 0.29) is 10.9 Å². The lowest BCUT2D eigenvalue weighted by Crippen LogP contribution is -2.27. The second-order valence-corrected chi connectivity index (χ2v) is 5.12. The number of alkyl halides is 3. The predicted octanol–water partition coefficient (Wildman–Crippen LogP) is 3.79. The Morgan fingerprint density at radius 3 is 2.47 bits per heavy atom. The molecule has 106 valence electrons. The monoisotopic (exact) mass is 293 g/mol. The molecule has 0 amide bonds. The van der Waals surface area contributed by atoms with Crippen molar-refractivity contribution in [1.29, 1.82) is 0 Å². The molecule has 1 aliphatic heterocycles. The third kappa shape index (κ3) is 3.41. The predicted molar refractivity (Wildman–Crippen MR) is 66.9 cm³/mol. The van der Waals surface area contributed by atoms with Gasteiger partial charge in [-0.1, -0.05) is 17.7 Å². The zero-order chi connectivity index (χ0) is 14.0. The summed E-state index contributed by atoms with van der Waals surface area (Å²) in [7, 11) is 0. The summed E-state index contributed by atoms with van der Waals surface area (Å²) in [5.74, 6) is 0.149. The molecule has 1 saturated heterocycles. The lowest BCUT2D eigenvalue weighted by Gasteiger charge is -2.28. The van der Waals surface area contributed by atoms with Gasteiger partial charge >= 0.3 is 6.18 Å². The molecule has 1 aliphatic rings. The highest BCUT2D eigenvalue weighted by atomic mass is 35.5. The summed E-state index contributed by atoms with van der Waals surface area (Å²) in [6.07, 6.45) is -2.92. The first-order valence-electron chi connectivity index (χ1n) is 6.09. The van der Waals surface area contributed by atoms with Crippen LogP contribution in [0.25, 0.3) is 0 Å². The molecule has 0 unspecified atom stereocenters. The first-order chi connectivity index (χ1) is 8.89. The van der Waals surface area contributed by atoms with Crippen molar-refractivity contribution in [3.63, 3.8) is 0 Å². The van der Waals surface area contributed by atoms with E-state index in [0.29, 0.717) is 18.8 Å². The molecule has 2 rings (SSSR count). The minimum atomic E-state index is -4.46. The summed E-state index contributed by atoms with van der Waals surface area (Å²) in [6, 6.07) is 3.47. The quantitative estimate of drug-likeness (QED) is 0.900. The normalized spacial score (nSPS) is 19.4. The average Bonchev–Trinajstić information content (AvgIpc) is 2.38. The zero-order valence-corrected chi connectivity index (χ0v) is 11.0. The molecule has 1 atom stereocenters. The van der Waals surface area contributed by atoms with Crippen LogP contribution in [0.2, 0.25) is 5.02 Å². The Labute approximate surface area is 114 Å². The van der Waals surface area contributed by atoms with Crippen molar-refractivity contribution in [1.82, 2.24) is 0 Å². The van der Waals surface area contributed by atoms with Crippen LogP contribution in [0.4, 0.5) is 13.2 Å². The van der Waals surface area contributed by atoms with Crippen LogP contribution in [0.15, 0.2) is 18.2 Å². The summed E-state index contributed by atoms with van der Waals surface area (Å²) in [5, 5.41) is -0.296. The number of nitrogens with two attached hydrogens (primary N) is 1. The van der Waals surface area contributed by atoms with E-state index in [1.807, 2.05) is 0 Å². The van der Waals surface area contributed by atoms with Crippen LogP contribution in [-0.2, 0) is 10.9 Å². The van der Waals surface area contributed by atoms with Crippen LogP contribution < -0.4 is 5.73 Å². The highest BCUT2D eigenvalue weighted by molar-refractivity contribution is 6.31. The number of hydrogen-bond donors (Lipinski definition) is 1. The van der Waals surface area contributed by atoms with Gasteiger partial charge in [-0.25, -0.2) is 0 Å². The van der Waals surface area contributed by atoms with Gasteiger partial charge in [0.25, 0.3) is 0 Å². The molecule has 19 heavy (non-hydrogen) atoms. The Hall–Kier alpha value is -0.780. The van der Waals surface area contributed by atoms with Crippen LogP contribution in [0, 0.1) is 5.92 Å². The molecule has 0 radical (unpaired) electrons. The highest BCUT2D eigenvalue weighted by Crippen LogP contribution is 2.37. The van der Waals surface area contributed by atoms with Gasteiger partial charge < -0.3 is 10.5 Å². The van der Waals surface area contributed by atoms with Crippen LogP contribution in [0.5, 0.6) is 0 Å². The fourth-order valence-corrected chi connectivity index (χ4v) is 2.54. The van der Waals surface area contributed by atoms with Gasteiger partial charge in [-0.2, -0.15) is 13.2 Å². The van der Waals surface area contributed by atoms with E-state index in [1.165, 1.54) is 6.07 Å². The zero-order valence-electron chi connectivity index (χ0n) is 10.2. The summed E-state index contributed by atoms with van der Waals surface area (Å²) in [5.41, 5.74) is 5.72. The third-order valence-electron chi connectivity index (χ3n) is 3.45. The van der Waals surface area contributed by atoms with Gasteiger partial charge in [0.05, 0.1) is 10.6 Å². The van der Waals surface area contributed by atoms with Crippen LogP contribution >= 0.6 is 11.6 Å². The number of rotatable bonds is 2. The minimum Gasteiger partial charge on any atom is -0.381 e. The fraction of sp³-hybridized carbons (Fsp3) is 0.538. The lowest BCUT2D eigenvalue weighted by molar-refractivity contribution is -0.137. The molecule has 1 fully saturated rings. The molecule has 2 nitrogen and oxygen atoms in total. The molecule has 2 N–H and O–H groups in total. The van der Waals surface area contributed by atoms with E-state index in [1.54, 1.807) is 6.07 Å². The van der Waals surface area contributed by atoms with E-state index in [2.05, 4.69) is 0 Å². The molecule has 0 saturated carbocycles. The van der Waals surface area contributed by atoms with E-state index < -0.39 is 17.8 Å². The summed E-state index contributed by atoms with van der Waals surface area (Å²) < 4.78 is 43.6. The second-order valence-electron chi connectivity index (χ2n) is 4.71. The Kier molecular flexibility index (Phi) is 4.38. The van der Waals surface area contributed by atoms with Crippen molar-refractivity contribution < 1.29 is 17.9 Å². The van der Waals surface area contributed by atoms with E-state index >= 15 is 0 Å². The number of ether oxygens (including phenoxy) is 1. The SMILES string of the molecule is N[C@@H](c1ccc(Cl)c(C(F)(F)F)c1)C1CCOCC1. The lowest BCUT2D eigenvalue weighted by atomic mass is 9.87. The average molecular weight is 294 g/mol. The molecular formula is C13H15ClF3NO. The van der Waals surface area contributed by atoms with Crippen LogP contribution in [0.3, 0.4) is 0 Å². The highest BCUT2D eigenvalue weighted by Gasteiger charge is 2.34. The smallest absolute Gasteiger partial charge is 0.381 e. The van der Waals surface area contributed by atoms with E-state index in [0.717, 1.165) is 18.9 Å². The summed E-state index contributed by atoms with van der Waals surface area (Å²) >= 11 is 5.59. The van der Waals surface area contributed by atoms with Crippen molar-refractivity contribution in [3.8, 4) is 0 Å². The molecule has 6 heteroatoms. The Balaban J connectivity index is 2.24. The molecule has 1 aromatic rings. The first-order valence-corrected chi connectivity index (χ1v) is 6.47. The van der Waals surface area contributed by atoms with Crippen molar-refractivity contribution in [3.05, 3.63) is 34.3 Å². The first kappa shape index (κ1) is 14.6. The Morgan fingerprint density at radius 2 is 1.89 bits per heavy atom. The maximum Gasteiger partial charge on any atom is 0.417 e. The number of benzene rings is 1. The molecule has 1 aromatic carbocycles. The van der Waals surface area contributed by atoms with Gasteiger partial charge in [0.1, 0.15) is 0 Å². The van der Waals surface area contributed by atoms with E-state index in [9.17, 15) is 13.2 Å². The van der Waals surface area contributed by atoms with Crippen molar-refractivity contribution in [2.24, 2.45) is 11.7 Å². The molecule has 0 bridgehead atoms. The molecule has 0 spiro atoms. The standard InChI is InChI=1S/C13H15ClF3NO/c14-11-2-1-9(7-10(11)13(15,16)17)12(18)8-3-5-19-6-4-8/h1-2,7-8,12H,3-6,18H2/t12-/m1/s1. The second kappa shape index (κ2) is 5.69. The van der Waals surface area contributed by atoms with Crippen molar-refractivity contribution >= 4 is 11.6 Å². The van der Waals surface area contributed by atoms with Gasteiger partial charge in [-0.3, -0.25) is 0 Å². The molecule has 0 aliphatic carbocycles. The Bertz CT molecular complexity index is 444. The van der Waals surface area contributed by atoms with Crippen LogP contribution in [0.1, 0.15) is 30.0 Å². The maximum atomic E-state index is 12.8. The molecule has 1 heterocycles. The minimum absolute atomic E-state index is 0.149.